The Kier molecular flexibility index (Phi) is 57.5. The van der Waals surface area contributed by atoms with Crippen LogP contribution in [-0.4, -0.2) is 37.2 Å². The SMILES string of the molecule is CC/C=C\C/C=C\C/C=C\C/C=C\C/C=C\C/C=C\C/C=C\C/C=C\C/C=C\CCCCCC(=O)OCC(COC(=O)CCCCCCC/C=C\CCCC)OC(=O)CCCCCCC/C=C\C/C=C\C/C=C\CC. The highest BCUT2D eigenvalue weighted by atomic mass is 16.6. The van der Waals surface area contributed by atoms with Crippen molar-refractivity contribution in [3.8, 4) is 0 Å². The molecule has 0 aromatic rings. The summed E-state index contributed by atoms with van der Waals surface area (Å²) in [5, 5.41) is 0. The summed E-state index contributed by atoms with van der Waals surface area (Å²) in [6, 6.07) is 0. The maximum Gasteiger partial charge on any atom is 0.306 e. The van der Waals surface area contributed by atoms with Gasteiger partial charge in [-0.25, -0.2) is 0 Å². The van der Waals surface area contributed by atoms with E-state index in [-0.39, 0.29) is 31.1 Å². The second kappa shape index (κ2) is 61.6. The monoisotopic (exact) mass is 1030 g/mol. The number of esters is 3. The Hall–Kier alpha value is -4.97. The zero-order valence-corrected chi connectivity index (χ0v) is 48.0. The standard InChI is InChI=1S/C69H108O6/c1-4-7-10-13-16-19-22-24-26-27-28-29-30-31-32-33-34-35-36-37-38-39-40-41-43-44-47-50-53-56-59-62-68(71)74-65-66(64-73-67(70)61-58-55-52-49-46-21-18-15-12-9-6-3)75-69(72)63-60-57-54-51-48-45-42-25-23-20-17-14-11-8-5-2/h7-8,10-11,15-20,24-26,28-29,31-32,34-35,37-38,40-42,44,47,66H,4-6,9,12-14,21-23,27,30,33,36,39,43,45-46,48-65H2,1-3H3/b10-7-,11-8-,18-15-,19-16-,20-17-,26-24-,29-28-,32-31-,35-34-,38-37-,41-40-,42-25-,47-44-. The zero-order valence-electron chi connectivity index (χ0n) is 48.0. The highest BCUT2D eigenvalue weighted by molar-refractivity contribution is 5.71. The Bertz CT molecular complexity index is 1710. The van der Waals surface area contributed by atoms with Crippen LogP contribution in [0.15, 0.2) is 158 Å². The lowest BCUT2D eigenvalue weighted by atomic mass is 10.1. The van der Waals surface area contributed by atoms with Gasteiger partial charge in [0.25, 0.3) is 0 Å². The van der Waals surface area contributed by atoms with Crippen molar-refractivity contribution < 1.29 is 28.6 Å². The van der Waals surface area contributed by atoms with Crippen molar-refractivity contribution in [1.29, 1.82) is 0 Å². The second-order valence-electron chi connectivity index (χ2n) is 19.1. The summed E-state index contributed by atoms with van der Waals surface area (Å²) in [7, 11) is 0. The van der Waals surface area contributed by atoms with E-state index in [2.05, 4.69) is 179 Å². The van der Waals surface area contributed by atoms with E-state index in [1.54, 1.807) is 0 Å². The average Bonchev–Trinajstić information content (AvgIpc) is 3.41. The van der Waals surface area contributed by atoms with Crippen molar-refractivity contribution in [1.82, 2.24) is 0 Å². The first-order valence-electron chi connectivity index (χ1n) is 30.0. The molecule has 0 N–H and O–H groups in total. The lowest BCUT2D eigenvalue weighted by molar-refractivity contribution is -0.167. The van der Waals surface area contributed by atoms with Gasteiger partial charge >= 0.3 is 17.9 Å². The molecule has 6 heteroatoms. The number of carbonyl (C=O) groups excluding carboxylic acids is 3. The van der Waals surface area contributed by atoms with Crippen LogP contribution in [0.25, 0.3) is 0 Å². The number of carbonyl (C=O) groups is 3. The molecule has 6 nitrogen and oxygen atoms in total. The Balaban J connectivity index is 4.38. The number of allylic oxidation sites excluding steroid dienone is 26. The van der Waals surface area contributed by atoms with Gasteiger partial charge in [0.15, 0.2) is 6.10 Å². The van der Waals surface area contributed by atoms with Crippen LogP contribution >= 0.6 is 0 Å². The molecule has 0 saturated heterocycles. The van der Waals surface area contributed by atoms with E-state index in [0.29, 0.717) is 19.3 Å². The molecule has 1 unspecified atom stereocenters. The molecular weight excluding hydrogens is 925 g/mol. The van der Waals surface area contributed by atoms with Crippen LogP contribution in [0.3, 0.4) is 0 Å². The molecule has 0 aromatic carbocycles. The molecule has 0 aliphatic heterocycles. The highest BCUT2D eigenvalue weighted by Gasteiger charge is 2.19. The third-order valence-electron chi connectivity index (χ3n) is 12.0. The maximum absolute atomic E-state index is 12.8. The van der Waals surface area contributed by atoms with Crippen LogP contribution in [0.2, 0.25) is 0 Å². The molecule has 0 radical (unpaired) electrons. The van der Waals surface area contributed by atoms with Gasteiger partial charge in [0, 0.05) is 19.3 Å². The first-order chi connectivity index (χ1) is 37.0. The van der Waals surface area contributed by atoms with E-state index >= 15 is 0 Å². The summed E-state index contributed by atoms with van der Waals surface area (Å²) >= 11 is 0. The van der Waals surface area contributed by atoms with Crippen molar-refractivity contribution in [3.63, 3.8) is 0 Å². The molecule has 0 spiro atoms. The van der Waals surface area contributed by atoms with Gasteiger partial charge in [-0.15, -0.1) is 0 Å². The molecule has 0 bridgehead atoms. The molecule has 0 aliphatic carbocycles. The first-order valence-corrected chi connectivity index (χ1v) is 30.0. The molecule has 0 fully saturated rings. The molecule has 1 atom stereocenters. The van der Waals surface area contributed by atoms with Gasteiger partial charge < -0.3 is 14.2 Å². The van der Waals surface area contributed by atoms with Gasteiger partial charge in [-0.3, -0.25) is 14.4 Å². The van der Waals surface area contributed by atoms with Crippen molar-refractivity contribution in [2.24, 2.45) is 0 Å². The van der Waals surface area contributed by atoms with Crippen molar-refractivity contribution in [3.05, 3.63) is 158 Å². The summed E-state index contributed by atoms with van der Waals surface area (Å²) in [4.78, 5) is 38.1. The van der Waals surface area contributed by atoms with Crippen LogP contribution in [0, 0.1) is 0 Å². The minimum atomic E-state index is -0.811. The van der Waals surface area contributed by atoms with Crippen LogP contribution < -0.4 is 0 Å². The molecule has 0 aliphatic rings. The molecule has 0 aromatic heterocycles. The van der Waals surface area contributed by atoms with Gasteiger partial charge in [0.2, 0.25) is 0 Å². The third kappa shape index (κ3) is 59.8. The van der Waals surface area contributed by atoms with E-state index in [1.807, 2.05) is 0 Å². The number of ether oxygens (including phenoxy) is 3. The van der Waals surface area contributed by atoms with E-state index in [0.717, 1.165) is 173 Å². The molecule has 0 amide bonds. The van der Waals surface area contributed by atoms with E-state index in [9.17, 15) is 14.4 Å². The summed E-state index contributed by atoms with van der Waals surface area (Å²) in [6.07, 6.45) is 89.6. The van der Waals surface area contributed by atoms with Crippen LogP contribution in [0.5, 0.6) is 0 Å². The number of rotatable bonds is 52. The molecule has 75 heavy (non-hydrogen) atoms. The fourth-order valence-corrected chi connectivity index (χ4v) is 7.55. The Morgan fingerprint density at radius 2 is 0.520 bits per heavy atom. The molecule has 0 heterocycles. The van der Waals surface area contributed by atoms with Crippen molar-refractivity contribution in [2.75, 3.05) is 13.2 Å². The predicted octanol–water partition coefficient (Wildman–Crippen LogP) is 20.5. The number of hydrogen-bond donors (Lipinski definition) is 0. The largest absolute Gasteiger partial charge is 0.462 e. The summed E-state index contributed by atoms with van der Waals surface area (Å²) in [5.41, 5.74) is 0. The van der Waals surface area contributed by atoms with Gasteiger partial charge in [0.05, 0.1) is 0 Å². The Labute approximate surface area is 460 Å². The third-order valence-corrected chi connectivity index (χ3v) is 12.0. The van der Waals surface area contributed by atoms with Crippen molar-refractivity contribution in [2.45, 2.75) is 245 Å². The fraction of sp³-hybridized carbons (Fsp3) is 0.580. The lowest BCUT2D eigenvalue weighted by Gasteiger charge is -2.18. The van der Waals surface area contributed by atoms with Gasteiger partial charge in [-0.05, 0) is 141 Å². The second-order valence-corrected chi connectivity index (χ2v) is 19.1. The van der Waals surface area contributed by atoms with E-state index in [1.165, 1.54) is 25.7 Å². The Morgan fingerprint density at radius 3 is 0.840 bits per heavy atom. The normalized spacial score (nSPS) is 13.3. The van der Waals surface area contributed by atoms with Gasteiger partial charge in [-0.1, -0.05) is 237 Å². The first kappa shape index (κ1) is 70.0. The Morgan fingerprint density at radius 1 is 0.280 bits per heavy atom. The molecule has 0 rings (SSSR count). The predicted molar refractivity (Wildman–Crippen MR) is 325 cm³/mol. The van der Waals surface area contributed by atoms with Crippen molar-refractivity contribution >= 4 is 17.9 Å². The molecule has 420 valence electrons. The average molecular weight is 1030 g/mol. The minimum Gasteiger partial charge on any atom is -0.462 e. The minimum absolute atomic E-state index is 0.106. The van der Waals surface area contributed by atoms with E-state index < -0.39 is 6.10 Å². The fourth-order valence-electron chi connectivity index (χ4n) is 7.55. The number of unbranched alkanes of at least 4 members (excludes halogenated alkanes) is 15. The van der Waals surface area contributed by atoms with Crippen LogP contribution in [-0.2, 0) is 28.6 Å². The lowest BCUT2D eigenvalue weighted by Crippen LogP contribution is -2.30. The smallest absolute Gasteiger partial charge is 0.306 e. The molecule has 0 saturated carbocycles. The van der Waals surface area contributed by atoms with Crippen LogP contribution in [0.4, 0.5) is 0 Å². The summed E-state index contributed by atoms with van der Waals surface area (Å²) < 4.78 is 16.8. The zero-order chi connectivity index (χ0) is 54.3. The topological polar surface area (TPSA) is 78.9 Å². The summed E-state index contributed by atoms with van der Waals surface area (Å²) in [6.45, 7) is 6.31. The van der Waals surface area contributed by atoms with Gasteiger partial charge in [-0.2, -0.15) is 0 Å². The summed E-state index contributed by atoms with van der Waals surface area (Å²) in [5.74, 6) is -0.975. The highest BCUT2D eigenvalue weighted by Crippen LogP contribution is 2.13. The van der Waals surface area contributed by atoms with E-state index in [4.69, 9.17) is 14.2 Å². The van der Waals surface area contributed by atoms with Gasteiger partial charge in [0.1, 0.15) is 13.2 Å². The van der Waals surface area contributed by atoms with Crippen LogP contribution in [0.1, 0.15) is 239 Å². The number of hydrogen-bond acceptors (Lipinski definition) is 6. The quantitative estimate of drug-likeness (QED) is 0.0261. The maximum atomic E-state index is 12.8. The molecular formula is C69H108O6.